The Hall–Kier alpha value is -2.38. The number of rotatable bonds is 4. The number of nitrogens with zero attached hydrogens (tertiary/aromatic N) is 4. The molecule has 0 saturated carbocycles. The molecule has 12 nitrogen and oxygen atoms in total. The number of aryl methyl sites for hydroxylation is 1. The van der Waals surface area contributed by atoms with Crippen molar-refractivity contribution in [3.05, 3.63) is 17.5 Å². The highest BCUT2D eigenvalue weighted by molar-refractivity contribution is 7.80. The number of aromatic nitrogens is 2. The van der Waals surface area contributed by atoms with Gasteiger partial charge in [-0.15, -0.1) is 4.28 Å². The molecule has 1 saturated heterocycles. The van der Waals surface area contributed by atoms with Crippen LogP contribution in [0.4, 0.5) is 9.59 Å². The lowest BCUT2D eigenvalue weighted by atomic mass is 9.98. The van der Waals surface area contributed by atoms with Crippen molar-refractivity contribution in [2.24, 2.45) is 7.05 Å². The van der Waals surface area contributed by atoms with Gasteiger partial charge in [-0.3, -0.25) is 9.23 Å². The summed E-state index contributed by atoms with van der Waals surface area (Å²) in [7, 11) is -1.82. The molecule has 132 valence electrons. The summed E-state index contributed by atoms with van der Waals surface area (Å²) < 4.78 is 41.8. The molecule has 0 aromatic carbocycles. The molecule has 24 heavy (non-hydrogen) atoms. The van der Waals surface area contributed by atoms with Gasteiger partial charge in [0.05, 0.1) is 18.4 Å². The normalized spacial score (nSPS) is 22.5. The minimum absolute atomic E-state index is 0.106. The fourth-order valence-electron chi connectivity index (χ4n) is 2.94. The molecule has 1 aromatic heterocycles. The number of hydrogen-bond acceptors (Lipinski definition) is 7. The van der Waals surface area contributed by atoms with Crippen LogP contribution >= 0.6 is 0 Å². The van der Waals surface area contributed by atoms with Gasteiger partial charge in [0.25, 0.3) is 0 Å². The zero-order chi connectivity index (χ0) is 17.6. The second kappa shape index (κ2) is 5.61. The highest BCUT2D eigenvalue weighted by Crippen LogP contribution is 2.43. The quantitative estimate of drug-likeness (QED) is 0.673. The summed E-state index contributed by atoms with van der Waals surface area (Å²) in [5, 5.41) is 6.97. The Morgan fingerprint density at radius 2 is 2.25 bits per heavy atom. The molecule has 0 spiro atoms. The van der Waals surface area contributed by atoms with Gasteiger partial charge >= 0.3 is 22.5 Å². The van der Waals surface area contributed by atoms with Crippen LogP contribution in [0, 0.1) is 0 Å². The van der Waals surface area contributed by atoms with Crippen molar-refractivity contribution in [3.8, 4) is 0 Å². The SMILES string of the molecule is CNC(=O)OCC1c2c(cnn2C)C2CN1C(=O)N2OS(=O)(=O)O. The zero-order valence-electron chi connectivity index (χ0n) is 12.7. The van der Waals surface area contributed by atoms with E-state index in [1.165, 1.54) is 22.8 Å². The summed E-state index contributed by atoms with van der Waals surface area (Å²) >= 11 is 0. The monoisotopic (exact) mass is 361 g/mol. The molecule has 1 fully saturated rings. The number of carbonyl (C=O) groups is 2. The molecule has 3 rings (SSSR count). The van der Waals surface area contributed by atoms with E-state index in [1.54, 1.807) is 7.05 Å². The largest absolute Gasteiger partial charge is 0.447 e. The Morgan fingerprint density at radius 3 is 2.88 bits per heavy atom. The Kier molecular flexibility index (Phi) is 3.85. The van der Waals surface area contributed by atoms with Gasteiger partial charge in [-0.1, -0.05) is 0 Å². The molecule has 2 aliphatic heterocycles. The summed E-state index contributed by atoms with van der Waals surface area (Å²) in [5.74, 6) is 0. The van der Waals surface area contributed by atoms with Crippen LogP contribution in [0.15, 0.2) is 6.20 Å². The van der Waals surface area contributed by atoms with E-state index in [2.05, 4.69) is 14.7 Å². The van der Waals surface area contributed by atoms with Gasteiger partial charge in [-0.2, -0.15) is 18.6 Å². The average molecular weight is 361 g/mol. The van der Waals surface area contributed by atoms with Crippen LogP contribution in [0.25, 0.3) is 0 Å². The van der Waals surface area contributed by atoms with Crippen LogP contribution < -0.4 is 5.32 Å². The van der Waals surface area contributed by atoms with Crippen molar-refractivity contribution in [1.82, 2.24) is 25.1 Å². The van der Waals surface area contributed by atoms with Gasteiger partial charge in [0.1, 0.15) is 18.7 Å². The third kappa shape index (κ3) is 2.65. The first kappa shape index (κ1) is 16.5. The van der Waals surface area contributed by atoms with Gasteiger partial charge in [-0.05, 0) is 0 Å². The molecule has 2 atom stereocenters. The van der Waals surface area contributed by atoms with Crippen LogP contribution in [-0.4, -0.2) is 65.0 Å². The summed E-state index contributed by atoms with van der Waals surface area (Å²) in [6, 6.07) is -2.18. The van der Waals surface area contributed by atoms with Gasteiger partial charge in [0.2, 0.25) is 0 Å². The fraction of sp³-hybridized carbons (Fsp3) is 0.545. The van der Waals surface area contributed by atoms with E-state index >= 15 is 0 Å². The predicted molar refractivity (Wildman–Crippen MR) is 75.7 cm³/mol. The third-order valence-corrected chi connectivity index (χ3v) is 4.25. The van der Waals surface area contributed by atoms with Gasteiger partial charge in [-0.25, -0.2) is 9.59 Å². The Bertz CT molecular complexity index is 791. The molecule has 1 aromatic rings. The van der Waals surface area contributed by atoms with Crippen LogP contribution in [-0.2, 0) is 26.5 Å². The number of amides is 3. The molecule has 3 heterocycles. The van der Waals surface area contributed by atoms with E-state index in [0.29, 0.717) is 16.3 Å². The number of nitrogens with one attached hydrogen (secondary N) is 1. The molecule has 2 bridgehead atoms. The number of alkyl carbamates (subject to hydrolysis) is 1. The predicted octanol–water partition coefficient (Wildman–Crippen LogP) is -0.656. The maximum absolute atomic E-state index is 12.4. The van der Waals surface area contributed by atoms with Crippen molar-refractivity contribution < 1.29 is 31.6 Å². The summed E-state index contributed by atoms with van der Waals surface area (Å²) in [6.07, 6.45) is 0.807. The van der Waals surface area contributed by atoms with Gasteiger partial charge in [0, 0.05) is 19.7 Å². The number of fused-ring (bicyclic) bond motifs is 4. The highest BCUT2D eigenvalue weighted by Gasteiger charge is 2.51. The van der Waals surface area contributed by atoms with E-state index in [1.807, 2.05) is 0 Å². The number of urea groups is 1. The summed E-state index contributed by atoms with van der Waals surface area (Å²) in [6.45, 7) is -0.0425. The molecule has 13 heteroatoms. The minimum atomic E-state index is -4.87. The zero-order valence-corrected chi connectivity index (χ0v) is 13.6. The number of hydrogen-bond donors (Lipinski definition) is 2. The minimum Gasteiger partial charge on any atom is -0.447 e. The van der Waals surface area contributed by atoms with Gasteiger partial charge in [0.15, 0.2) is 0 Å². The van der Waals surface area contributed by atoms with Crippen molar-refractivity contribution >= 4 is 22.5 Å². The van der Waals surface area contributed by atoms with Crippen molar-refractivity contribution in [2.75, 3.05) is 20.2 Å². The first-order valence-corrected chi connectivity index (χ1v) is 8.22. The lowest BCUT2D eigenvalue weighted by molar-refractivity contribution is -0.0317. The fourth-order valence-corrected chi connectivity index (χ4v) is 3.31. The van der Waals surface area contributed by atoms with Crippen molar-refractivity contribution in [2.45, 2.75) is 12.1 Å². The van der Waals surface area contributed by atoms with E-state index < -0.39 is 34.6 Å². The third-order valence-electron chi connectivity index (χ3n) is 3.90. The summed E-state index contributed by atoms with van der Waals surface area (Å²) in [4.78, 5) is 25.0. The highest BCUT2D eigenvalue weighted by atomic mass is 32.3. The van der Waals surface area contributed by atoms with E-state index in [9.17, 15) is 18.0 Å². The second-order valence-corrected chi connectivity index (χ2v) is 6.26. The molecule has 0 aliphatic carbocycles. The lowest BCUT2D eigenvalue weighted by Gasteiger charge is -2.30. The topological polar surface area (TPSA) is 143 Å². The molecular formula is C11H15N5O7S. The van der Waals surface area contributed by atoms with E-state index in [4.69, 9.17) is 9.29 Å². The number of ether oxygens (including phenoxy) is 1. The van der Waals surface area contributed by atoms with E-state index in [0.717, 1.165) is 0 Å². The molecule has 0 radical (unpaired) electrons. The first-order chi connectivity index (χ1) is 11.2. The summed E-state index contributed by atoms with van der Waals surface area (Å²) in [5.41, 5.74) is 1.14. The van der Waals surface area contributed by atoms with Crippen molar-refractivity contribution in [3.63, 3.8) is 0 Å². The Balaban J connectivity index is 1.96. The first-order valence-electron chi connectivity index (χ1n) is 6.86. The van der Waals surface area contributed by atoms with Crippen LogP contribution in [0.1, 0.15) is 23.3 Å². The second-order valence-electron chi connectivity index (χ2n) is 5.25. The molecule has 2 unspecified atom stereocenters. The molecule has 2 aliphatic rings. The average Bonchev–Trinajstić information content (AvgIpc) is 3.01. The Labute approximate surface area is 136 Å². The van der Waals surface area contributed by atoms with Crippen LogP contribution in [0.3, 0.4) is 0 Å². The number of hydroxylamine groups is 2. The molecule has 3 amide bonds. The Morgan fingerprint density at radius 1 is 1.54 bits per heavy atom. The maximum atomic E-state index is 12.4. The van der Waals surface area contributed by atoms with Gasteiger partial charge < -0.3 is 15.0 Å². The number of carbonyl (C=O) groups excluding carboxylic acids is 2. The maximum Gasteiger partial charge on any atom is 0.418 e. The lowest BCUT2D eigenvalue weighted by Crippen LogP contribution is -2.38. The smallest absolute Gasteiger partial charge is 0.418 e. The van der Waals surface area contributed by atoms with Crippen LogP contribution in [0.5, 0.6) is 0 Å². The van der Waals surface area contributed by atoms with Crippen LogP contribution in [0.2, 0.25) is 0 Å². The molecular weight excluding hydrogens is 346 g/mol. The van der Waals surface area contributed by atoms with E-state index in [-0.39, 0.29) is 13.2 Å². The standard InChI is InChI=1S/C11H15N5O7S/c1-12-10(17)22-5-8-9-6(3-13-14(9)2)7-4-15(8)11(18)16(7)23-24(19,20)21/h3,7-8H,4-5H2,1-2H3,(H,12,17)(H,19,20,21). The molecule has 2 N–H and O–H groups in total. The van der Waals surface area contributed by atoms with Crippen molar-refractivity contribution in [1.29, 1.82) is 0 Å².